The number of benzene rings is 1. The number of H-pyrrole nitrogens is 1. The van der Waals surface area contributed by atoms with Crippen LogP contribution in [-0.2, 0) is 4.79 Å². The van der Waals surface area contributed by atoms with Gasteiger partial charge in [-0.2, -0.15) is 0 Å². The molecule has 0 spiro atoms. The van der Waals surface area contributed by atoms with Gasteiger partial charge in [0.2, 0.25) is 5.91 Å². The molecular formula is C12H11FN4O2S. The van der Waals surface area contributed by atoms with Crippen molar-refractivity contribution in [3.8, 4) is 0 Å². The third-order valence-electron chi connectivity index (χ3n) is 2.23. The molecule has 0 radical (unpaired) electrons. The van der Waals surface area contributed by atoms with Crippen molar-refractivity contribution in [2.45, 2.75) is 5.16 Å². The maximum atomic E-state index is 13.3. The number of amides is 1. The quantitative estimate of drug-likeness (QED) is 0.581. The van der Waals surface area contributed by atoms with Gasteiger partial charge in [0.25, 0.3) is 5.56 Å². The molecule has 2 aromatic rings. The number of carbonyl (C=O) groups is 1. The molecule has 0 aliphatic rings. The SMILES string of the molecule is Nc1cc(=O)[nH]c(SCC(=O)Nc2ccccc2F)n1. The lowest BCUT2D eigenvalue weighted by molar-refractivity contribution is -0.113. The predicted octanol–water partition coefficient (Wildman–Crippen LogP) is 1.22. The third-order valence-corrected chi connectivity index (χ3v) is 3.10. The lowest BCUT2D eigenvalue weighted by Gasteiger charge is -2.05. The van der Waals surface area contributed by atoms with Gasteiger partial charge in [0.05, 0.1) is 11.4 Å². The molecule has 0 fully saturated rings. The van der Waals surface area contributed by atoms with E-state index in [-0.39, 0.29) is 22.4 Å². The zero-order valence-electron chi connectivity index (χ0n) is 10.2. The highest BCUT2D eigenvalue weighted by molar-refractivity contribution is 7.99. The summed E-state index contributed by atoms with van der Waals surface area (Å²) < 4.78 is 13.3. The molecule has 1 aromatic carbocycles. The van der Waals surface area contributed by atoms with Crippen LogP contribution in [0.2, 0.25) is 0 Å². The Labute approximate surface area is 117 Å². The fourth-order valence-electron chi connectivity index (χ4n) is 1.40. The molecule has 6 nitrogen and oxygen atoms in total. The van der Waals surface area contributed by atoms with Gasteiger partial charge in [0.15, 0.2) is 5.16 Å². The Balaban J connectivity index is 1.96. The number of thioether (sulfide) groups is 1. The van der Waals surface area contributed by atoms with Gasteiger partial charge in [0.1, 0.15) is 11.6 Å². The van der Waals surface area contributed by atoms with E-state index in [2.05, 4.69) is 15.3 Å². The number of nitrogens with zero attached hydrogens (tertiary/aromatic N) is 1. The largest absolute Gasteiger partial charge is 0.383 e. The first-order valence-corrected chi connectivity index (χ1v) is 6.57. The molecule has 20 heavy (non-hydrogen) atoms. The van der Waals surface area contributed by atoms with E-state index in [0.29, 0.717) is 0 Å². The highest BCUT2D eigenvalue weighted by Crippen LogP contribution is 2.15. The summed E-state index contributed by atoms with van der Waals surface area (Å²) in [6.45, 7) is 0. The van der Waals surface area contributed by atoms with Crippen LogP contribution in [-0.4, -0.2) is 21.6 Å². The smallest absolute Gasteiger partial charge is 0.253 e. The van der Waals surface area contributed by atoms with Crippen molar-refractivity contribution in [2.24, 2.45) is 0 Å². The van der Waals surface area contributed by atoms with E-state index in [1.165, 1.54) is 18.2 Å². The van der Waals surface area contributed by atoms with Gasteiger partial charge in [-0.05, 0) is 12.1 Å². The Morgan fingerprint density at radius 1 is 1.45 bits per heavy atom. The number of nitrogen functional groups attached to an aromatic ring is 1. The van der Waals surface area contributed by atoms with Crippen molar-refractivity contribution in [2.75, 3.05) is 16.8 Å². The van der Waals surface area contributed by atoms with Crippen molar-refractivity contribution >= 4 is 29.2 Å². The number of anilines is 2. The molecule has 0 saturated heterocycles. The minimum atomic E-state index is -0.513. The van der Waals surface area contributed by atoms with Crippen LogP contribution < -0.4 is 16.6 Å². The van der Waals surface area contributed by atoms with E-state index in [0.717, 1.165) is 17.8 Å². The van der Waals surface area contributed by atoms with Crippen molar-refractivity contribution < 1.29 is 9.18 Å². The molecule has 0 saturated carbocycles. The molecule has 1 heterocycles. The Hall–Kier alpha value is -2.35. The second kappa shape index (κ2) is 6.20. The number of nitrogens with one attached hydrogen (secondary N) is 2. The Bertz CT molecular complexity index is 689. The maximum absolute atomic E-state index is 13.3. The highest BCUT2D eigenvalue weighted by atomic mass is 32.2. The molecule has 1 aromatic heterocycles. The second-order valence-electron chi connectivity index (χ2n) is 3.79. The van der Waals surface area contributed by atoms with Crippen LogP contribution in [0.4, 0.5) is 15.9 Å². The lowest BCUT2D eigenvalue weighted by atomic mass is 10.3. The molecular weight excluding hydrogens is 283 g/mol. The number of rotatable bonds is 4. The molecule has 0 aliphatic heterocycles. The minimum absolute atomic E-state index is 0.0271. The number of para-hydroxylation sites is 1. The van der Waals surface area contributed by atoms with E-state index in [1.807, 2.05) is 0 Å². The van der Waals surface area contributed by atoms with E-state index < -0.39 is 17.3 Å². The molecule has 0 aliphatic carbocycles. The average molecular weight is 294 g/mol. The Morgan fingerprint density at radius 3 is 2.90 bits per heavy atom. The highest BCUT2D eigenvalue weighted by Gasteiger charge is 2.08. The second-order valence-corrected chi connectivity index (χ2v) is 4.76. The fraction of sp³-hybridized carbons (Fsp3) is 0.0833. The number of hydrogen-bond donors (Lipinski definition) is 3. The van der Waals surface area contributed by atoms with Crippen LogP contribution in [0.25, 0.3) is 0 Å². The Kier molecular flexibility index (Phi) is 4.36. The van der Waals surface area contributed by atoms with Gasteiger partial charge >= 0.3 is 0 Å². The first-order valence-electron chi connectivity index (χ1n) is 5.58. The summed E-state index contributed by atoms with van der Waals surface area (Å²) in [7, 11) is 0. The topological polar surface area (TPSA) is 101 Å². The van der Waals surface area contributed by atoms with Crippen molar-refractivity contribution in [3.05, 3.63) is 46.5 Å². The summed E-state index contributed by atoms with van der Waals surface area (Å²) in [6.07, 6.45) is 0. The summed E-state index contributed by atoms with van der Waals surface area (Å²) in [5.41, 5.74) is 5.12. The lowest BCUT2D eigenvalue weighted by Crippen LogP contribution is -2.16. The van der Waals surface area contributed by atoms with Gasteiger partial charge < -0.3 is 16.0 Å². The van der Waals surface area contributed by atoms with Crippen molar-refractivity contribution in [1.82, 2.24) is 9.97 Å². The number of aromatic amines is 1. The number of hydrogen-bond acceptors (Lipinski definition) is 5. The van der Waals surface area contributed by atoms with Crippen LogP contribution in [0.15, 0.2) is 40.3 Å². The standard InChI is InChI=1S/C12H11FN4O2S/c13-7-3-1-2-4-8(7)15-11(19)6-20-12-16-9(14)5-10(18)17-12/h1-5H,6H2,(H,15,19)(H3,14,16,17,18). The first-order chi connectivity index (χ1) is 9.54. The van der Waals surface area contributed by atoms with Gasteiger partial charge in [-0.25, -0.2) is 9.37 Å². The predicted molar refractivity (Wildman–Crippen MR) is 75.0 cm³/mol. The molecule has 0 unspecified atom stereocenters. The van der Waals surface area contributed by atoms with E-state index in [4.69, 9.17) is 5.73 Å². The van der Waals surface area contributed by atoms with Crippen LogP contribution in [0.5, 0.6) is 0 Å². The van der Waals surface area contributed by atoms with Gasteiger partial charge in [-0.15, -0.1) is 0 Å². The first kappa shape index (κ1) is 14.1. The molecule has 2 rings (SSSR count). The van der Waals surface area contributed by atoms with Crippen LogP contribution in [0, 0.1) is 5.82 Å². The molecule has 8 heteroatoms. The zero-order chi connectivity index (χ0) is 14.5. The summed E-state index contributed by atoms with van der Waals surface area (Å²) in [5.74, 6) is -0.877. The molecule has 104 valence electrons. The number of carbonyl (C=O) groups excluding carboxylic acids is 1. The van der Waals surface area contributed by atoms with Crippen LogP contribution in [0.3, 0.4) is 0 Å². The summed E-state index contributed by atoms with van der Waals surface area (Å²) in [6, 6.07) is 6.99. The average Bonchev–Trinajstić information content (AvgIpc) is 2.38. The maximum Gasteiger partial charge on any atom is 0.253 e. The monoisotopic (exact) mass is 294 g/mol. The molecule has 1 amide bonds. The van der Waals surface area contributed by atoms with Crippen molar-refractivity contribution in [1.29, 1.82) is 0 Å². The van der Waals surface area contributed by atoms with Crippen LogP contribution >= 0.6 is 11.8 Å². The number of nitrogens with two attached hydrogens (primary N) is 1. The molecule has 0 atom stereocenters. The zero-order valence-corrected chi connectivity index (χ0v) is 11.0. The Morgan fingerprint density at radius 2 is 2.20 bits per heavy atom. The fourth-order valence-corrected chi connectivity index (χ4v) is 2.09. The van der Waals surface area contributed by atoms with Gasteiger partial charge in [0, 0.05) is 6.07 Å². The third kappa shape index (κ3) is 3.82. The summed E-state index contributed by atoms with van der Waals surface area (Å²) in [5, 5.41) is 2.66. The molecule has 0 bridgehead atoms. The number of halogens is 1. The van der Waals surface area contributed by atoms with Gasteiger partial charge in [-0.3, -0.25) is 9.59 Å². The van der Waals surface area contributed by atoms with E-state index in [9.17, 15) is 14.0 Å². The number of aromatic nitrogens is 2. The normalized spacial score (nSPS) is 10.2. The van der Waals surface area contributed by atoms with Crippen LogP contribution in [0.1, 0.15) is 0 Å². The summed E-state index contributed by atoms with van der Waals surface area (Å²) >= 11 is 1.00. The molecule has 4 N–H and O–H groups in total. The summed E-state index contributed by atoms with van der Waals surface area (Å²) in [4.78, 5) is 29.1. The van der Waals surface area contributed by atoms with Crippen molar-refractivity contribution in [3.63, 3.8) is 0 Å². The van der Waals surface area contributed by atoms with Gasteiger partial charge in [-0.1, -0.05) is 23.9 Å². The minimum Gasteiger partial charge on any atom is -0.383 e. The van der Waals surface area contributed by atoms with E-state index >= 15 is 0 Å². The van der Waals surface area contributed by atoms with E-state index in [1.54, 1.807) is 6.07 Å².